The van der Waals surface area contributed by atoms with Crippen molar-refractivity contribution in [3.8, 4) is 0 Å². The van der Waals surface area contributed by atoms with Gasteiger partial charge in [0.1, 0.15) is 12.4 Å². The van der Waals surface area contributed by atoms with Gasteiger partial charge >= 0.3 is 0 Å². The number of nitrogens with zero attached hydrogens (tertiary/aromatic N) is 3. The van der Waals surface area contributed by atoms with Gasteiger partial charge in [0.2, 0.25) is 11.8 Å². The normalized spacial score (nSPS) is 11.9. The van der Waals surface area contributed by atoms with E-state index in [9.17, 15) is 14.0 Å². The quantitative estimate of drug-likeness (QED) is 0.553. The Bertz CT molecular complexity index is 816. The van der Waals surface area contributed by atoms with Crippen LogP contribution in [0.15, 0.2) is 42.6 Å². The maximum absolute atomic E-state index is 13.2. The van der Waals surface area contributed by atoms with Crippen LogP contribution in [0.1, 0.15) is 51.3 Å². The van der Waals surface area contributed by atoms with Gasteiger partial charge < -0.3 is 14.4 Å². The highest BCUT2D eigenvalue weighted by Gasteiger charge is 2.25. The van der Waals surface area contributed by atoms with Crippen LogP contribution in [-0.4, -0.2) is 45.3 Å². The average Bonchev–Trinajstić information content (AvgIpc) is 3.14. The molecule has 6 heteroatoms. The predicted molar refractivity (Wildman–Crippen MR) is 117 cm³/mol. The van der Waals surface area contributed by atoms with E-state index in [0.717, 1.165) is 30.5 Å². The van der Waals surface area contributed by atoms with Crippen molar-refractivity contribution in [3.05, 3.63) is 59.7 Å². The fourth-order valence-electron chi connectivity index (χ4n) is 3.33. The molecular formula is C24H34FN3O2. The first-order valence-electron chi connectivity index (χ1n) is 10.8. The Morgan fingerprint density at radius 2 is 1.80 bits per heavy atom. The van der Waals surface area contributed by atoms with Crippen LogP contribution in [0.5, 0.6) is 0 Å². The molecule has 1 unspecified atom stereocenters. The standard InChI is InChI=1S/C24H34FN3O2/c1-5-7-15-27(17-22-9-8-14-26(22)4)24(30)18-28(19(3)6-2)23(29)16-20-10-12-21(25)13-11-20/h8-14,19H,5-7,15-18H2,1-4H3. The van der Waals surface area contributed by atoms with Crippen LogP contribution in [0, 0.1) is 5.82 Å². The zero-order valence-corrected chi connectivity index (χ0v) is 18.6. The van der Waals surface area contributed by atoms with E-state index in [0.29, 0.717) is 13.1 Å². The van der Waals surface area contributed by atoms with Gasteiger partial charge in [-0.1, -0.05) is 32.4 Å². The number of rotatable bonds is 11. The Hall–Kier alpha value is -2.63. The molecule has 0 saturated heterocycles. The van der Waals surface area contributed by atoms with Gasteiger partial charge in [-0.15, -0.1) is 0 Å². The lowest BCUT2D eigenvalue weighted by atomic mass is 10.1. The summed E-state index contributed by atoms with van der Waals surface area (Å²) in [6, 6.07) is 9.87. The van der Waals surface area contributed by atoms with E-state index in [2.05, 4.69) is 6.92 Å². The zero-order valence-electron chi connectivity index (χ0n) is 18.6. The Balaban J connectivity index is 2.12. The van der Waals surface area contributed by atoms with Crippen molar-refractivity contribution in [2.24, 2.45) is 7.05 Å². The van der Waals surface area contributed by atoms with Crippen molar-refractivity contribution < 1.29 is 14.0 Å². The van der Waals surface area contributed by atoms with E-state index in [1.54, 1.807) is 17.0 Å². The van der Waals surface area contributed by atoms with Crippen molar-refractivity contribution in [1.82, 2.24) is 14.4 Å². The molecule has 1 atom stereocenters. The van der Waals surface area contributed by atoms with E-state index in [1.807, 2.05) is 48.7 Å². The largest absolute Gasteiger partial charge is 0.353 e. The third kappa shape index (κ3) is 6.71. The molecule has 0 bridgehead atoms. The number of aryl methyl sites for hydroxylation is 1. The third-order valence-corrected chi connectivity index (χ3v) is 5.56. The molecule has 5 nitrogen and oxygen atoms in total. The lowest BCUT2D eigenvalue weighted by Crippen LogP contribution is -2.47. The minimum atomic E-state index is -0.326. The molecule has 2 amide bonds. The van der Waals surface area contributed by atoms with Crippen molar-refractivity contribution in [2.45, 2.75) is 59.0 Å². The lowest BCUT2D eigenvalue weighted by molar-refractivity contribution is -0.142. The lowest BCUT2D eigenvalue weighted by Gasteiger charge is -2.31. The van der Waals surface area contributed by atoms with Gasteiger partial charge in [0, 0.05) is 31.5 Å². The first kappa shape index (κ1) is 23.6. The first-order valence-corrected chi connectivity index (χ1v) is 10.8. The summed E-state index contributed by atoms with van der Waals surface area (Å²) in [4.78, 5) is 29.7. The number of hydrogen-bond donors (Lipinski definition) is 0. The van der Waals surface area contributed by atoms with Gasteiger partial charge in [-0.3, -0.25) is 9.59 Å². The Morgan fingerprint density at radius 3 is 2.37 bits per heavy atom. The van der Waals surface area contributed by atoms with Crippen molar-refractivity contribution in [1.29, 1.82) is 0 Å². The Morgan fingerprint density at radius 1 is 1.10 bits per heavy atom. The first-order chi connectivity index (χ1) is 14.3. The number of aromatic nitrogens is 1. The number of hydrogen-bond acceptors (Lipinski definition) is 2. The number of benzene rings is 1. The minimum absolute atomic E-state index is 0.0441. The van der Waals surface area contributed by atoms with Gasteiger partial charge in [0.25, 0.3) is 0 Å². The van der Waals surface area contributed by atoms with Gasteiger partial charge in [0.15, 0.2) is 0 Å². The minimum Gasteiger partial charge on any atom is -0.353 e. The zero-order chi connectivity index (χ0) is 22.1. The summed E-state index contributed by atoms with van der Waals surface area (Å²) in [6.07, 6.45) is 4.80. The molecule has 1 heterocycles. The molecule has 2 rings (SSSR count). The molecule has 0 aliphatic heterocycles. The van der Waals surface area contributed by atoms with Crippen LogP contribution in [0.2, 0.25) is 0 Å². The highest BCUT2D eigenvalue weighted by atomic mass is 19.1. The number of unbranched alkanes of at least 4 members (excludes halogenated alkanes) is 1. The van der Waals surface area contributed by atoms with Gasteiger partial charge in [-0.05, 0) is 49.6 Å². The highest BCUT2D eigenvalue weighted by Crippen LogP contribution is 2.13. The van der Waals surface area contributed by atoms with Crippen molar-refractivity contribution in [3.63, 3.8) is 0 Å². The molecule has 0 saturated carbocycles. The molecule has 0 aliphatic carbocycles. The van der Waals surface area contributed by atoms with E-state index in [4.69, 9.17) is 0 Å². The van der Waals surface area contributed by atoms with E-state index < -0.39 is 0 Å². The van der Waals surface area contributed by atoms with Crippen LogP contribution >= 0.6 is 0 Å². The molecule has 164 valence electrons. The summed E-state index contributed by atoms with van der Waals surface area (Å²) in [5.74, 6) is -0.483. The van der Waals surface area contributed by atoms with Crippen LogP contribution in [0.3, 0.4) is 0 Å². The Labute approximate surface area is 179 Å². The van der Waals surface area contributed by atoms with Crippen LogP contribution in [0.25, 0.3) is 0 Å². The number of carbonyl (C=O) groups is 2. The molecule has 0 fully saturated rings. The van der Waals surface area contributed by atoms with Crippen molar-refractivity contribution in [2.75, 3.05) is 13.1 Å². The maximum atomic E-state index is 13.2. The predicted octanol–water partition coefficient (Wildman–Crippen LogP) is 4.16. The molecule has 1 aromatic carbocycles. The fraction of sp³-hybridized carbons (Fsp3) is 0.500. The second kappa shape index (κ2) is 11.5. The maximum Gasteiger partial charge on any atom is 0.242 e. The van der Waals surface area contributed by atoms with Gasteiger partial charge in [-0.2, -0.15) is 0 Å². The molecule has 0 radical (unpaired) electrons. The summed E-state index contributed by atoms with van der Waals surface area (Å²) in [7, 11) is 1.97. The van der Waals surface area contributed by atoms with Crippen LogP contribution < -0.4 is 0 Å². The second-order valence-corrected chi connectivity index (χ2v) is 7.86. The number of carbonyl (C=O) groups excluding carboxylic acids is 2. The van der Waals surface area contributed by atoms with Gasteiger partial charge in [-0.25, -0.2) is 4.39 Å². The number of halogens is 1. The van der Waals surface area contributed by atoms with Crippen LogP contribution in [-0.2, 0) is 29.6 Å². The second-order valence-electron chi connectivity index (χ2n) is 7.86. The summed E-state index contributed by atoms with van der Waals surface area (Å²) in [5, 5.41) is 0. The molecular weight excluding hydrogens is 381 g/mol. The fourth-order valence-corrected chi connectivity index (χ4v) is 3.33. The SMILES string of the molecule is CCCCN(Cc1cccn1C)C(=O)CN(C(=O)Cc1ccc(F)cc1)C(C)CC. The molecule has 0 N–H and O–H groups in total. The van der Waals surface area contributed by atoms with Crippen molar-refractivity contribution >= 4 is 11.8 Å². The monoisotopic (exact) mass is 415 g/mol. The topological polar surface area (TPSA) is 45.6 Å². The Kier molecular flexibility index (Phi) is 9.09. The summed E-state index contributed by atoms with van der Waals surface area (Å²) in [5.41, 5.74) is 1.81. The molecule has 2 aromatic rings. The molecule has 30 heavy (non-hydrogen) atoms. The van der Waals surface area contributed by atoms with Gasteiger partial charge in [0.05, 0.1) is 13.0 Å². The van der Waals surface area contributed by atoms with E-state index >= 15 is 0 Å². The molecule has 1 aromatic heterocycles. The highest BCUT2D eigenvalue weighted by molar-refractivity contribution is 5.86. The van der Waals surface area contributed by atoms with Crippen LogP contribution in [0.4, 0.5) is 4.39 Å². The summed E-state index contributed by atoms with van der Waals surface area (Å²) in [6.45, 7) is 7.32. The molecule has 0 aliphatic rings. The van der Waals surface area contributed by atoms with E-state index in [1.165, 1.54) is 12.1 Å². The van der Waals surface area contributed by atoms with E-state index in [-0.39, 0.29) is 36.6 Å². The average molecular weight is 416 g/mol. The molecule has 0 spiro atoms. The summed E-state index contributed by atoms with van der Waals surface area (Å²) < 4.78 is 15.2. The smallest absolute Gasteiger partial charge is 0.242 e. The third-order valence-electron chi connectivity index (χ3n) is 5.56. The summed E-state index contributed by atoms with van der Waals surface area (Å²) >= 11 is 0. The number of amides is 2.